The monoisotopic (exact) mass is 1000 g/mol. The largest absolute Gasteiger partial charge is 0.256 e. The molecule has 75 heavy (non-hydrogen) atoms. The predicted octanol–water partition coefficient (Wildman–Crippen LogP) is 6.77. The van der Waals surface area contributed by atoms with Crippen LogP contribution < -0.4 is 0 Å². The maximum absolute atomic E-state index is 4.40. The average Bonchev–Trinajstić information content (AvgIpc) is 3.44. The SMILES string of the molecule is Cc1cc(-c2ccccn2)cc(-c2ccccn2)c1.Cc1ccncn1.Cc1ccnnn1.Cc1cncnc1.Cc1cncnn1.Cc1cnncn1.Cc1cnnnc1.Cc1nccnn1.Cc1ncncn1. The van der Waals surface area contributed by atoms with Crippen molar-refractivity contribution in [1.82, 2.24) is 121 Å². The van der Waals surface area contributed by atoms with Gasteiger partial charge in [-0.3, -0.25) is 9.97 Å². The van der Waals surface area contributed by atoms with Gasteiger partial charge in [0.15, 0.2) is 0 Å². The molecule has 0 N–H and O–H groups in total. The first-order valence-electron chi connectivity index (χ1n) is 22.5. The lowest BCUT2D eigenvalue weighted by molar-refractivity contribution is 0.839. The molecule has 24 nitrogen and oxygen atoms in total. The Kier molecular flexibility index (Phi) is 29.6. The number of hydrogen-bond donors (Lipinski definition) is 0. The average molecular weight is 1010 g/mol. The van der Waals surface area contributed by atoms with Gasteiger partial charge in [0.2, 0.25) is 0 Å². The van der Waals surface area contributed by atoms with Gasteiger partial charge in [0, 0.05) is 54.0 Å². The number of pyridine rings is 2. The van der Waals surface area contributed by atoms with Crippen molar-refractivity contribution >= 4 is 0 Å². The van der Waals surface area contributed by atoms with E-state index in [0.29, 0.717) is 5.82 Å². The molecule has 380 valence electrons. The Bertz CT molecular complexity index is 2540. The Hall–Kier alpha value is -10.3. The van der Waals surface area contributed by atoms with E-state index in [0.717, 1.165) is 62.2 Å². The zero-order chi connectivity index (χ0) is 54.0. The van der Waals surface area contributed by atoms with Gasteiger partial charge in [0.1, 0.15) is 49.6 Å². The summed E-state index contributed by atoms with van der Waals surface area (Å²) in [4.78, 5) is 46.4. The van der Waals surface area contributed by atoms with Gasteiger partial charge in [-0.25, -0.2) is 49.8 Å². The Morgan fingerprint density at radius 3 is 1.23 bits per heavy atom. The second kappa shape index (κ2) is 37.6. The van der Waals surface area contributed by atoms with Crippen molar-refractivity contribution < 1.29 is 0 Å². The molecule has 1 aromatic carbocycles. The van der Waals surface area contributed by atoms with Crippen LogP contribution in [0.2, 0.25) is 0 Å². The lowest BCUT2D eigenvalue weighted by Gasteiger charge is -2.07. The fraction of sp³-hybridized carbons (Fsp3) is 0.176. The molecule has 0 aliphatic rings. The molecule has 11 aromatic rings. The third kappa shape index (κ3) is 30.2. The van der Waals surface area contributed by atoms with E-state index in [4.69, 9.17) is 0 Å². The van der Waals surface area contributed by atoms with Gasteiger partial charge in [-0.1, -0.05) is 12.1 Å². The first-order valence-corrected chi connectivity index (χ1v) is 22.5. The third-order valence-corrected chi connectivity index (χ3v) is 8.12. The van der Waals surface area contributed by atoms with Crippen molar-refractivity contribution in [2.24, 2.45) is 0 Å². The van der Waals surface area contributed by atoms with Gasteiger partial charge in [0.05, 0.1) is 65.7 Å². The number of aromatic nitrogens is 24. The van der Waals surface area contributed by atoms with Gasteiger partial charge in [-0.2, -0.15) is 15.3 Å². The van der Waals surface area contributed by atoms with Crippen LogP contribution in [0.5, 0.6) is 0 Å². The van der Waals surface area contributed by atoms with Crippen molar-refractivity contribution in [3.63, 3.8) is 0 Å². The lowest BCUT2D eigenvalue weighted by atomic mass is 10.0. The molecule has 10 heterocycles. The lowest BCUT2D eigenvalue weighted by Crippen LogP contribution is -1.87. The molecule has 0 aliphatic heterocycles. The summed E-state index contributed by atoms with van der Waals surface area (Å²) < 4.78 is 0. The van der Waals surface area contributed by atoms with Gasteiger partial charge >= 0.3 is 0 Å². The number of rotatable bonds is 2. The summed E-state index contributed by atoms with van der Waals surface area (Å²) in [6.07, 6.45) is 29.1. The number of benzene rings is 1. The Morgan fingerprint density at radius 1 is 0.280 bits per heavy atom. The summed E-state index contributed by atoms with van der Waals surface area (Å²) in [5, 5.41) is 42.3. The smallest absolute Gasteiger partial charge is 0.147 e. The highest BCUT2D eigenvalue weighted by Crippen LogP contribution is 2.25. The third-order valence-electron chi connectivity index (χ3n) is 8.12. The van der Waals surface area contributed by atoms with Crippen LogP contribution in [0.1, 0.15) is 51.1 Å². The summed E-state index contributed by atoms with van der Waals surface area (Å²) in [6, 6.07) is 22.0. The molecule has 24 heteroatoms. The van der Waals surface area contributed by atoms with E-state index in [9.17, 15) is 0 Å². The standard InChI is InChI=1S/C17H14N2.2C5H6N2.6C4H5N3/c1-13-10-14(16-6-2-4-8-18-16)12-15(11-13)17-7-3-5-9-19-17;1-5-2-6-4-7-3-5;1-5-2-3-6-4-7-5;1-4-6-2-5-3-7-4;1-4-2-6-7-3-5-4;1-4-2-5-3-6-7-4;1-4-2-5-7-6-3-4;1-4-5-2-3-6-7-4;1-4-2-3-5-7-6-4/h2-12H,1H3;2*2-4H,1H3;6*2-3H,1H3. The second-order valence-corrected chi connectivity index (χ2v) is 14.7. The minimum atomic E-state index is 0.711. The van der Waals surface area contributed by atoms with Crippen molar-refractivity contribution in [2.45, 2.75) is 62.3 Å². The van der Waals surface area contributed by atoms with Crippen LogP contribution in [-0.2, 0) is 0 Å². The summed E-state index contributed by atoms with van der Waals surface area (Å²) >= 11 is 0. The molecular weight excluding hydrogens is 949 g/mol. The van der Waals surface area contributed by atoms with Gasteiger partial charge in [-0.15, -0.1) is 35.7 Å². The Balaban J connectivity index is 0.000000231. The van der Waals surface area contributed by atoms with E-state index < -0.39 is 0 Å². The highest BCUT2D eigenvalue weighted by molar-refractivity contribution is 5.70. The van der Waals surface area contributed by atoms with Crippen LogP contribution in [0, 0.1) is 62.3 Å². The normalized spacial score (nSPS) is 9.13. The van der Waals surface area contributed by atoms with Gasteiger partial charge in [0.25, 0.3) is 0 Å². The van der Waals surface area contributed by atoms with E-state index in [1.54, 1.807) is 75.0 Å². The van der Waals surface area contributed by atoms with E-state index in [2.05, 4.69) is 146 Å². The van der Waals surface area contributed by atoms with Gasteiger partial charge < -0.3 is 0 Å². The fourth-order valence-corrected chi connectivity index (χ4v) is 4.70. The molecule has 0 atom stereocenters. The first-order chi connectivity index (χ1) is 36.5. The molecule has 0 saturated carbocycles. The molecule has 0 saturated heterocycles. The molecule has 0 aliphatic carbocycles. The molecule has 0 unspecified atom stereocenters. The summed E-state index contributed by atoms with van der Waals surface area (Å²) in [6.45, 7) is 17.1. The molecule has 10 aromatic heterocycles. The van der Waals surface area contributed by atoms with Crippen molar-refractivity contribution in [3.8, 4) is 22.5 Å². The molecular formula is C51H56N24. The Morgan fingerprint density at radius 2 is 0.907 bits per heavy atom. The molecule has 0 fully saturated rings. The number of hydrogen-bond acceptors (Lipinski definition) is 24. The fourth-order valence-electron chi connectivity index (χ4n) is 4.70. The Labute approximate surface area is 434 Å². The summed E-state index contributed by atoms with van der Waals surface area (Å²) in [7, 11) is 0. The molecule has 0 bridgehead atoms. The molecule has 0 radical (unpaired) electrons. The predicted molar refractivity (Wildman–Crippen MR) is 279 cm³/mol. The minimum absolute atomic E-state index is 0.711. The highest BCUT2D eigenvalue weighted by atomic mass is 15.3. The number of aryl methyl sites for hydroxylation is 9. The zero-order valence-electron chi connectivity index (χ0n) is 43.0. The molecule has 11 rings (SSSR count). The van der Waals surface area contributed by atoms with E-state index in [1.807, 2.05) is 103 Å². The maximum atomic E-state index is 4.40. The van der Waals surface area contributed by atoms with Gasteiger partial charge in [-0.05, 0) is 144 Å². The van der Waals surface area contributed by atoms with Crippen LogP contribution in [0.15, 0.2) is 179 Å². The quantitative estimate of drug-likeness (QED) is 0.172. The van der Waals surface area contributed by atoms with Crippen LogP contribution in [0.3, 0.4) is 0 Å². The van der Waals surface area contributed by atoms with Crippen LogP contribution in [-0.4, -0.2) is 121 Å². The van der Waals surface area contributed by atoms with Crippen molar-refractivity contribution in [1.29, 1.82) is 0 Å². The summed E-state index contributed by atoms with van der Waals surface area (Å²) in [5.41, 5.74) is 11.2. The molecule has 0 amide bonds. The van der Waals surface area contributed by atoms with Crippen LogP contribution in [0.4, 0.5) is 0 Å². The molecule has 0 spiro atoms. The van der Waals surface area contributed by atoms with E-state index in [1.165, 1.54) is 43.5 Å². The second-order valence-electron chi connectivity index (χ2n) is 14.7. The van der Waals surface area contributed by atoms with Crippen LogP contribution in [0.25, 0.3) is 22.5 Å². The van der Waals surface area contributed by atoms with E-state index >= 15 is 0 Å². The highest BCUT2D eigenvalue weighted by Gasteiger charge is 2.05. The summed E-state index contributed by atoms with van der Waals surface area (Å²) in [5.74, 6) is 1.47. The maximum Gasteiger partial charge on any atom is 0.147 e. The minimum Gasteiger partial charge on any atom is -0.256 e. The topological polar surface area (TPSA) is 309 Å². The first kappa shape index (κ1) is 59.1. The van der Waals surface area contributed by atoms with Crippen molar-refractivity contribution in [3.05, 3.63) is 230 Å². The van der Waals surface area contributed by atoms with E-state index in [-0.39, 0.29) is 0 Å². The number of nitrogens with zero attached hydrogens (tertiary/aromatic N) is 24. The van der Waals surface area contributed by atoms with Crippen molar-refractivity contribution in [2.75, 3.05) is 0 Å². The van der Waals surface area contributed by atoms with Crippen LogP contribution >= 0.6 is 0 Å². The zero-order valence-corrected chi connectivity index (χ0v) is 43.0.